The van der Waals surface area contributed by atoms with Crippen LogP contribution in [0.3, 0.4) is 0 Å². The number of rotatable bonds is 6. The van der Waals surface area contributed by atoms with Crippen LogP contribution in [0.25, 0.3) is 0 Å². The average molecular weight is 245 g/mol. The molecular weight excluding hydrogens is 226 g/mol. The molecule has 0 saturated carbocycles. The molecule has 6 heteroatoms. The Kier molecular flexibility index (Phi) is 4.50. The van der Waals surface area contributed by atoms with Crippen LogP contribution in [0.5, 0.6) is 0 Å². The number of aryl methyl sites for hydroxylation is 1. The van der Waals surface area contributed by atoms with Gasteiger partial charge in [0.05, 0.1) is 0 Å². The molecule has 0 aliphatic carbocycles. The summed E-state index contributed by atoms with van der Waals surface area (Å²) < 4.78 is 15.0. The molecule has 1 heterocycles. The van der Waals surface area contributed by atoms with Crippen LogP contribution in [-0.4, -0.2) is 29.7 Å². The first-order valence-electron chi connectivity index (χ1n) is 5.71. The lowest BCUT2D eigenvalue weighted by atomic mass is 10.2. The first kappa shape index (κ1) is 14.0. The third kappa shape index (κ3) is 2.59. The number of nitrogens with zero attached hydrogens (tertiary/aromatic N) is 1. The van der Waals surface area contributed by atoms with Crippen LogP contribution in [0.1, 0.15) is 32.3 Å². The largest absolute Gasteiger partial charge is 0.519 e. The van der Waals surface area contributed by atoms with E-state index in [0.29, 0.717) is 13.1 Å². The SMILES string of the molecule is CCOC(O)(c1oc(=O)oc1C)N(CC)CC. The molecule has 0 aliphatic heterocycles. The molecule has 0 fully saturated rings. The van der Waals surface area contributed by atoms with Crippen LogP contribution >= 0.6 is 0 Å². The van der Waals surface area contributed by atoms with Gasteiger partial charge in [-0.15, -0.1) is 0 Å². The fourth-order valence-corrected chi connectivity index (χ4v) is 1.80. The van der Waals surface area contributed by atoms with Gasteiger partial charge in [0.1, 0.15) is 0 Å². The van der Waals surface area contributed by atoms with E-state index >= 15 is 0 Å². The number of hydrogen-bond acceptors (Lipinski definition) is 6. The summed E-state index contributed by atoms with van der Waals surface area (Å²) in [5.41, 5.74) is 0. The van der Waals surface area contributed by atoms with Gasteiger partial charge in [0.25, 0.3) is 5.91 Å². The van der Waals surface area contributed by atoms with Gasteiger partial charge in [-0.25, -0.2) is 9.69 Å². The molecular formula is C11H19NO5. The predicted molar refractivity (Wildman–Crippen MR) is 60.4 cm³/mol. The van der Waals surface area contributed by atoms with Crippen molar-refractivity contribution in [2.75, 3.05) is 19.7 Å². The molecule has 0 aliphatic rings. The van der Waals surface area contributed by atoms with Gasteiger partial charge in [-0.2, -0.15) is 0 Å². The topological polar surface area (TPSA) is 76.0 Å². The Balaban J connectivity index is 3.23. The smallest absolute Gasteiger partial charge is 0.396 e. The van der Waals surface area contributed by atoms with E-state index in [1.54, 1.807) is 18.7 Å². The van der Waals surface area contributed by atoms with Crippen LogP contribution < -0.4 is 5.82 Å². The molecule has 0 amide bonds. The lowest BCUT2D eigenvalue weighted by molar-refractivity contribution is -0.310. The summed E-state index contributed by atoms with van der Waals surface area (Å²) in [6.07, 6.45) is 0. The Labute approximate surface area is 99.8 Å². The fourth-order valence-electron chi connectivity index (χ4n) is 1.80. The molecule has 1 atom stereocenters. The standard InChI is InChI=1S/C11H19NO5/c1-5-12(6-2)11(14,15-7-3)9-8(4)16-10(13)17-9/h14H,5-7H2,1-4H3. The molecule has 98 valence electrons. The highest BCUT2D eigenvalue weighted by atomic mass is 16.7. The highest BCUT2D eigenvalue weighted by molar-refractivity contribution is 5.07. The lowest BCUT2D eigenvalue weighted by Crippen LogP contribution is -2.48. The second-order valence-electron chi connectivity index (χ2n) is 3.55. The normalized spacial score (nSPS) is 15.2. The van der Waals surface area contributed by atoms with Crippen molar-refractivity contribution >= 4 is 0 Å². The minimum Gasteiger partial charge on any atom is -0.396 e. The molecule has 0 radical (unpaired) electrons. The van der Waals surface area contributed by atoms with E-state index < -0.39 is 11.7 Å². The maximum atomic E-state index is 11.0. The lowest BCUT2D eigenvalue weighted by Gasteiger charge is -2.35. The minimum atomic E-state index is -1.76. The van der Waals surface area contributed by atoms with E-state index in [4.69, 9.17) is 13.6 Å². The Morgan fingerprint density at radius 3 is 2.24 bits per heavy atom. The van der Waals surface area contributed by atoms with Crippen molar-refractivity contribution in [3.05, 3.63) is 22.1 Å². The zero-order valence-electron chi connectivity index (χ0n) is 10.6. The summed E-state index contributed by atoms with van der Waals surface area (Å²) in [4.78, 5) is 12.7. The minimum absolute atomic E-state index is 0.00745. The molecule has 1 aromatic rings. The van der Waals surface area contributed by atoms with E-state index in [1.165, 1.54) is 0 Å². The molecule has 0 spiro atoms. The number of hydrogen-bond donors (Lipinski definition) is 1. The molecule has 17 heavy (non-hydrogen) atoms. The zero-order valence-corrected chi connectivity index (χ0v) is 10.6. The first-order valence-corrected chi connectivity index (χ1v) is 5.71. The number of ether oxygens (including phenoxy) is 1. The molecule has 0 bridgehead atoms. The highest BCUT2D eigenvalue weighted by Gasteiger charge is 2.42. The summed E-state index contributed by atoms with van der Waals surface area (Å²) in [6.45, 7) is 8.42. The maximum Gasteiger partial charge on any atom is 0.519 e. The predicted octanol–water partition coefficient (Wildman–Crippen LogP) is 1.02. The quantitative estimate of drug-likeness (QED) is 0.754. The van der Waals surface area contributed by atoms with Crippen LogP contribution in [0.2, 0.25) is 0 Å². The van der Waals surface area contributed by atoms with Crippen LogP contribution in [0, 0.1) is 6.92 Å². The van der Waals surface area contributed by atoms with Gasteiger partial charge in [0.15, 0.2) is 5.76 Å². The Bertz CT molecular complexity index is 406. The van der Waals surface area contributed by atoms with Crippen LogP contribution in [-0.2, 0) is 10.6 Å². The summed E-state index contributed by atoms with van der Waals surface area (Å²) in [7, 11) is 0. The molecule has 1 N–H and O–H groups in total. The highest BCUT2D eigenvalue weighted by Crippen LogP contribution is 2.28. The van der Waals surface area contributed by atoms with E-state index in [2.05, 4.69) is 0 Å². The van der Waals surface area contributed by atoms with Crippen molar-refractivity contribution in [3.8, 4) is 0 Å². The van der Waals surface area contributed by atoms with E-state index in [0.717, 1.165) is 0 Å². The van der Waals surface area contributed by atoms with Crippen molar-refractivity contribution in [2.24, 2.45) is 0 Å². The monoisotopic (exact) mass is 245 g/mol. The van der Waals surface area contributed by atoms with Crippen molar-refractivity contribution in [3.63, 3.8) is 0 Å². The average Bonchev–Trinajstić information content (AvgIpc) is 2.60. The van der Waals surface area contributed by atoms with Crippen LogP contribution in [0.4, 0.5) is 0 Å². The van der Waals surface area contributed by atoms with E-state index in [9.17, 15) is 9.90 Å². The summed E-state index contributed by atoms with van der Waals surface area (Å²) in [6, 6.07) is 0. The molecule has 1 unspecified atom stereocenters. The molecule has 0 aromatic carbocycles. The third-order valence-corrected chi connectivity index (χ3v) is 2.58. The summed E-state index contributed by atoms with van der Waals surface area (Å²) >= 11 is 0. The second-order valence-corrected chi connectivity index (χ2v) is 3.55. The van der Waals surface area contributed by atoms with Gasteiger partial charge in [0, 0.05) is 19.7 Å². The molecule has 1 rings (SSSR count). The number of aliphatic hydroxyl groups is 1. The van der Waals surface area contributed by atoms with Crippen molar-refractivity contribution in [1.29, 1.82) is 0 Å². The van der Waals surface area contributed by atoms with E-state index in [1.807, 2.05) is 13.8 Å². The van der Waals surface area contributed by atoms with Gasteiger partial charge < -0.3 is 18.7 Å². The molecule has 6 nitrogen and oxygen atoms in total. The van der Waals surface area contributed by atoms with Gasteiger partial charge in [-0.05, 0) is 13.8 Å². The zero-order chi connectivity index (χ0) is 13.1. The van der Waals surface area contributed by atoms with Gasteiger partial charge in [0.2, 0.25) is 5.76 Å². The summed E-state index contributed by atoms with van der Waals surface area (Å²) in [5, 5.41) is 10.5. The Hall–Kier alpha value is -1.11. The Morgan fingerprint density at radius 1 is 1.29 bits per heavy atom. The fraction of sp³-hybridized carbons (Fsp3) is 0.727. The van der Waals surface area contributed by atoms with Gasteiger partial charge in [-0.3, -0.25) is 0 Å². The second kappa shape index (κ2) is 5.48. The van der Waals surface area contributed by atoms with Gasteiger partial charge >= 0.3 is 5.82 Å². The maximum absolute atomic E-state index is 11.0. The Morgan fingerprint density at radius 2 is 1.88 bits per heavy atom. The van der Waals surface area contributed by atoms with Crippen LogP contribution in [0.15, 0.2) is 13.6 Å². The van der Waals surface area contributed by atoms with Crippen molar-refractivity contribution in [2.45, 2.75) is 33.6 Å². The summed E-state index contributed by atoms with van der Waals surface area (Å²) in [5.74, 6) is -2.37. The van der Waals surface area contributed by atoms with E-state index in [-0.39, 0.29) is 18.1 Å². The van der Waals surface area contributed by atoms with Crippen molar-refractivity contribution in [1.82, 2.24) is 4.90 Å². The molecule has 1 aromatic heterocycles. The third-order valence-electron chi connectivity index (χ3n) is 2.58. The molecule has 0 saturated heterocycles. The van der Waals surface area contributed by atoms with Gasteiger partial charge in [-0.1, -0.05) is 13.8 Å². The van der Waals surface area contributed by atoms with Crippen molar-refractivity contribution < 1.29 is 18.7 Å². The first-order chi connectivity index (χ1) is 7.99.